The zero-order valence-electron chi connectivity index (χ0n) is 17.0. The van der Waals surface area contributed by atoms with Crippen molar-refractivity contribution in [2.45, 2.75) is 52.6 Å². The summed E-state index contributed by atoms with van der Waals surface area (Å²) in [6, 6.07) is 10.6. The van der Waals surface area contributed by atoms with Crippen LogP contribution in [0.4, 0.5) is 4.39 Å². The van der Waals surface area contributed by atoms with E-state index in [1.54, 1.807) is 13.0 Å². The Kier molecular flexibility index (Phi) is 5.66. The molecule has 0 aliphatic rings. The monoisotopic (exact) mass is 381 g/mol. The van der Waals surface area contributed by atoms with E-state index in [9.17, 15) is 9.50 Å². The van der Waals surface area contributed by atoms with Crippen LogP contribution in [-0.2, 0) is 18.4 Å². The van der Waals surface area contributed by atoms with E-state index in [4.69, 9.17) is 0 Å². The lowest BCUT2D eigenvalue weighted by atomic mass is 9.85. The second-order valence-electron chi connectivity index (χ2n) is 8.44. The molecule has 0 radical (unpaired) electrons. The number of aliphatic hydroxyl groups is 1. The fourth-order valence-electron chi connectivity index (χ4n) is 3.20. The highest BCUT2D eigenvalue weighted by Gasteiger charge is 2.26. The average Bonchev–Trinajstić information content (AvgIpc) is 3.08. The maximum Gasteiger partial charge on any atom is 0.141 e. The van der Waals surface area contributed by atoms with Crippen LogP contribution >= 0.6 is 0 Å². The van der Waals surface area contributed by atoms with Crippen LogP contribution in [0.15, 0.2) is 48.8 Å². The predicted molar refractivity (Wildman–Crippen MR) is 109 cm³/mol. The zero-order valence-corrected chi connectivity index (χ0v) is 17.0. The summed E-state index contributed by atoms with van der Waals surface area (Å²) in [6.45, 7) is 8.45. The van der Waals surface area contributed by atoms with Crippen LogP contribution in [0.3, 0.4) is 0 Å². The predicted octanol–water partition coefficient (Wildman–Crippen LogP) is 5.04. The Bertz CT molecular complexity index is 912. The maximum absolute atomic E-state index is 13.0. The fourth-order valence-corrected chi connectivity index (χ4v) is 3.20. The number of imidazole rings is 1. The van der Waals surface area contributed by atoms with E-state index in [0.29, 0.717) is 12.1 Å². The van der Waals surface area contributed by atoms with Crippen molar-refractivity contribution < 1.29 is 9.50 Å². The Hall–Kier alpha value is -2.53. The number of aromatic nitrogens is 3. The first kappa shape index (κ1) is 20.2. The molecule has 28 heavy (non-hydrogen) atoms. The van der Waals surface area contributed by atoms with Gasteiger partial charge < -0.3 is 10.1 Å². The standard InChI is InChI=1S/C23H28FN3O/c1-5-22(2,3)12-19-15-26-21(27-19)13-23(4,28)17-8-6-16(7-9-17)20-11-10-18(24)14-25-20/h6-11,14-15,28H,5,12-13H2,1-4H3,(H,26,27). The molecule has 3 aromatic rings. The van der Waals surface area contributed by atoms with E-state index in [-0.39, 0.29) is 11.2 Å². The van der Waals surface area contributed by atoms with Gasteiger partial charge in [0, 0.05) is 23.9 Å². The van der Waals surface area contributed by atoms with Gasteiger partial charge >= 0.3 is 0 Å². The molecule has 0 amide bonds. The number of nitrogens with zero attached hydrogens (tertiary/aromatic N) is 2. The number of aromatic amines is 1. The smallest absolute Gasteiger partial charge is 0.141 e. The molecule has 0 fully saturated rings. The average molecular weight is 381 g/mol. The summed E-state index contributed by atoms with van der Waals surface area (Å²) >= 11 is 0. The highest BCUT2D eigenvalue weighted by molar-refractivity contribution is 5.59. The van der Waals surface area contributed by atoms with Crippen LogP contribution in [0.2, 0.25) is 0 Å². The molecule has 148 valence electrons. The van der Waals surface area contributed by atoms with Gasteiger partial charge in [-0.2, -0.15) is 0 Å². The number of nitrogens with one attached hydrogen (secondary N) is 1. The van der Waals surface area contributed by atoms with Crippen LogP contribution in [0.5, 0.6) is 0 Å². The molecule has 0 bridgehead atoms. The minimum absolute atomic E-state index is 0.219. The van der Waals surface area contributed by atoms with Gasteiger partial charge in [-0.15, -0.1) is 0 Å². The Morgan fingerprint density at radius 3 is 2.29 bits per heavy atom. The number of hydrogen-bond acceptors (Lipinski definition) is 3. The number of benzene rings is 1. The van der Waals surface area contributed by atoms with Crippen molar-refractivity contribution in [1.29, 1.82) is 0 Å². The van der Waals surface area contributed by atoms with E-state index < -0.39 is 5.60 Å². The minimum Gasteiger partial charge on any atom is -0.385 e. The lowest BCUT2D eigenvalue weighted by Crippen LogP contribution is -2.25. The van der Waals surface area contributed by atoms with Gasteiger partial charge in [-0.1, -0.05) is 51.5 Å². The SMILES string of the molecule is CCC(C)(C)Cc1cnc(CC(C)(O)c2ccc(-c3ccc(F)cn3)cc2)[nH]1. The second kappa shape index (κ2) is 7.84. The maximum atomic E-state index is 13.0. The van der Waals surface area contributed by atoms with E-state index in [0.717, 1.165) is 35.5 Å². The van der Waals surface area contributed by atoms with Crippen molar-refractivity contribution in [3.8, 4) is 11.3 Å². The molecule has 1 unspecified atom stereocenters. The van der Waals surface area contributed by atoms with Crippen molar-refractivity contribution in [2.75, 3.05) is 0 Å². The van der Waals surface area contributed by atoms with Crippen molar-refractivity contribution in [3.63, 3.8) is 0 Å². The molecule has 0 aliphatic heterocycles. The Morgan fingerprint density at radius 2 is 1.68 bits per heavy atom. The molecule has 2 heterocycles. The number of H-pyrrole nitrogens is 1. The fraction of sp³-hybridized carbons (Fsp3) is 0.391. The molecule has 0 saturated carbocycles. The zero-order chi connectivity index (χ0) is 20.4. The van der Waals surface area contributed by atoms with Gasteiger partial charge in [0.15, 0.2) is 0 Å². The molecule has 1 atom stereocenters. The normalized spacial score (nSPS) is 14.1. The number of halogens is 1. The van der Waals surface area contributed by atoms with Crippen LogP contribution in [0.1, 0.15) is 51.2 Å². The first-order valence-corrected chi connectivity index (χ1v) is 9.66. The third-order valence-corrected chi connectivity index (χ3v) is 5.35. The topological polar surface area (TPSA) is 61.8 Å². The number of rotatable bonds is 7. The van der Waals surface area contributed by atoms with E-state index in [1.807, 2.05) is 30.5 Å². The van der Waals surface area contributed by atoms with Crippen LogP contribution in [-0.4, -0.2) is 20.1 Å². The highest BCUT2D eigenvalue weighted by atomic mass is 19.1. The molecule has 0 saturated heterocycles. The van der Waals surface area contributed by atoms with E-state index in [2.05, 4.69) is 35.7 Å². The molecule has 0 spiro atoms. The summed E-state index contributed by atoms with van der Waals surface area (Å²) in [5.41, 5.74) is 2.63. The first-order valence-electron chi connectivity index (χ1n) is 9.66. The first-order chi connectivity index (χ1) is 13.2. The van der Waals surface area contributed by atoms with Gasteiger partial charge in [0.2, 0.25) is 0 Å². The van der Waals surface area contributed by atoms with Crippen molar-refractivity contribution in [1.82, 2.24) is 15.0 Å². The Labute approximate surface area is 165 Å². The van der Waals surface area contributed by atoms with Gasteiger partial charge in [-0.25, -0.2) is 9.37 Å². The largest absolute Gasteiger partial charge is 0.385 e. The van der Waals surface area contributed by atoms with E-state index >= 15 is 0 Å². The van der Waals surface area contributed by atoms with Crippen LogP contribution in [0.25, 0.3) is 11.3 Å². The van der Waals surface area contributed by atoms with Crippen molar-refractivity contribution in [2.24, 2.45) is 5.41 Å². The third-order valence-electron chi connectivity index (χ3n) is 5.35. The van der Waals surface area contributed by atoms with Gasteiger partial charge in [-0.05, 0) is 36.5 Å². The molecule has 4 nitrogen and oxygen atoms in total. The molecule has 3 rings (SSSR count). The highest BCUT2D eigenvalue weighted by Crippen LogP contribution is 2.28. The van der Waals surface area contributed by atoms with Gasteiger partial charge in [0.25, 0.3) is 0 Å². The Balaban J connectivity index is 1.72. The molecule has 5 heteroatoms. The second-order valence-corrected chi connectivity index (χ2v) is 8.44. The summed E-state index contributed by atoms with van der Waals surface area (Å²) < 4.78 is 13.0. The van der Waals surface area contributed by atoms with E-state index in [1.165, 1.54) is 12.3 Å². The summed E-state index contributed by atoms with van der Waals surface area (Å²) in [7, 11) is 0. The van der Waals surface area contributed by atoms with Crippen molar-refractivity contribution >= 4 is 0 Å². The quantitative estimate of drug-likeness (QED) is 0.603. The number of pyridine rings is 1. The molecule has 2 N–H and O–H groups in total. The lowest BCUT2D eigenvalue weighted by Gasteiger charge is -2.23. The molecule has 1 aromatic carbocycles. The molecular weight excluding hydrogens is 353 g/mol. The van der Waals surface area contributed by atoms with Gasteiger partial charge in [-0.3, -0.25) is 4.98 Å². The van der Waals surface area contributed by atoms with Gasteiger partial charge in [0.05, 0.1) is 17.5 Å². The summed E-state index contributed by atoms with van der Waals surface area (Å²) in [5, 5.41) is 11.0. The molecular formula is C23H28FN3O. The minimum atomic E-state index is -1.05. The summed E-state index contributed by atoms with van der Waals surface area (Å²) in [4.78, 5) is 11.9. The van der Waals surface area contributed by atoms with Crippen LogP contribution < -0.4 is 0 Å². The lowest BCUT2D eigenvalue weighted by molar-refractivity contribution is 0.0556. The van der Waals surface area contributed by atoms with Crippen molar-refractivity contribution in [3.05, 3.63) is 71.7 Å². The van der Waals surface area contributed by atoms with Crippen LogP contribution in [0, 0.1) is 11.2 Å². The van der Waals surface area contributed by atoms with Gasteiger partial charge in [0.1, 0.15) is 11.6 Å². The Morgan fingerprint density at radius 1 is 0.964 bits per heavy atom. The summed E-state index contributed by atoms with van der Waals surface area (Å²) in [5.74, 6) is 0.416. The summed E-state index contributed by atoms with van der Waals surface area (Å²) in [6.07, 6.45) is 5.49. The number of hydrogen-bond donors (Lipinski definition) is 2. The third kappa shape index (κ3) is 4.84. The molecule has 2 aromatic heterocycles. The molecule has 0 aliphatic carbocycles.